The maximum atomic E-state index is 12.8. The Balaban J connectivity index is 1.83. The van der Waals surface area contributed by atoms with Crippen molar-refractivity contribution in [3.8, 4) is 11.5 Å². The van der Waals surface area contributed by atoms with Crippen LogP contribution in [0.2, 0.25) is 0 Å². The second-order valence-electron chi connectivity index (χ2n) is 6.61. The van der Waals surface area contributed by atoms with Gasteiger partial charge in [-0.2, -0.15) is 0 Å². The number of phenols is 1. The summed E-state index contributed by atoms with van der Waals surface area (Å²) in [6.45, 7) is 4.27. The summed E-state index contributed by atoms with van der Waals surface area (Å²) >= 11 is 1.24. The maximum Gasteiger partial charge on any atom is 0.306 e. The van der Waals surface area contributed by atoms with Gasteiger partial charge in [-0.15, -0.1) is 0 Å². The van der Waals surface area contributed by atoms with Crippen molar-refractivity contribution in [2.45, 2.75) is 20.3 Å². The van der Waals surface area contributed by atoms with E-state index in [1.807, 2.05) is 26.0 Å². The first kappa shape index (κ1) is 21.4. The summed E-state index contributed by atoms with van der Waals surface area (Å²) in [6, 6.07) is 12.3. The summed E-state index contributed by atoms with van der Waals surface area (Å²) in [7, 11) is 0. The highest BCUT2D eigenvalue weighted by atomic mass is 32.2. The molecule has 0 saturated carbocycles. The zero-order chi connectivity index (χ0) is 21.7. The fraction of sp³-hybridized carbons (Fsp3) is 0.227. The molecule has 0 spiro atoms. The van der Waals surface area contributed by atoms with E-state index in [0.29, 0.717) is 28.1 Å². The van der Waals surface area contributed by atoms with Crippen LogP contribution in [0.3, 0.4) is 0 Å². The molecule has 8 heteroatoms. The van der Waals surface area contributed by atoms with E-state index in [2.05, 4.69) is 4.99 Å². The van der Waals surface area contributed by atoms with Crippen LogP contribution < -0.4 is 4.74 Å². The predicted molar refractivity (Wildman–Crippen MR) is 117 cm³/mol. The van der Waals surface area contributed by atoms with E-state index in [0.717, 1.165) is 11.1 Å². The van der Waals surface area contributed by atoms with E-state index in [1.165, 1.54) is 11.8 Å². The molecular weight excluding hydrogens is 404 g/mol. The lowest BCUT2D eigenvalue weighted by molar-refractivity contribution is -0.137. The van der Waals surface area contributed by atoms with Crippen LogP contribution in [0.15, 0.2) is 52.4 Å². The fourth-order valence-electron chi connectivity index (χ4n) is 2.80. The van der Waals surface area contributed by atoms with E-state index in [-0.39, 0.29) is 24.7 Å². The molecule has 0 unspecified atom stereocenters. The topological polar surface area (TPSA) is 99.4 Å². The third-order valence-electron chi connectivity index (χ3n) is 4.29. The Hall–Kier alpha value is -3.26. The monoisotopic (exact) mass is 426 g/mol. The van der Waals surface area contributed by atoms with Crippen LogP contribution >= 0.6 is 11.8 Å². The average Bonchev–Trinajstić information content (AvgIpc) is 2.98. The van der Waals surface area contributed by atoms with Crippen LogP contribution in [0.25, 0.3) is 6.08 Å². The maximum absolute atomic E-state index is 12.8. The van der Waals surface area contributed by atoms with Crippen LogP contribution in [0, 0.1) is 6.92 Å². The van der Waals surface area contributed by atoms with Crippen molar-refractivity contribution in [1.29, 1.82) is 0 Å². The highest BCUT2D eigenvalue weighted by Crippen LogP contribution is 2.36. The van der Waals surface area contributed by atoms with E-state index >= 15 is 0 Å². The standard InChI is InChI=1S/C22H22N2O5S/c1-3-24-21(28)19(30-22(24)23-17-8-7-14(2)11-18(17)25)13-15-5-4-6-16(12-15)29-10-9-20(26)27/h4-8,11-13,25H,3,9-10H2,1-2H3,(H,26,27)/b19-13-,23-22?. The smallest absolute Gasteiger partial charge is 0.306 e. The van der Waals surface area contributed by atoms with Gasteiger partial charge in [0.1, 0.15) is 17.2 Å². The fourth-order valence-corrected chi connectivity index (χ4v) is 3.86. The first-order valence-corrected chi connectivity index (χ1v) is 10.2. The number of hydrogen-bond acceptors (Lipinski definition) is 6. The molecule has 2 aromatic carbocycles. The number of carbonyl (C=O) groups excluding carboxylic acids is 1. The number of amides is 1. The zero-order valence-corrected chi connectivity index (χ0v) is 17.5. The molecule has 2 aromatic rings. The molecule has 0 bridgehead atoms. The normalized spacial score (nSPS) is 16.5. The van der Waals surface area contributed by atoms with Crippen molar-refractivity contribution >= 4 is 40.6 Å². The van der Waals surface area contributed by atoms with Crippen molar-refractivity contribution < 1.29 is 24.5 Å². The van der Waals surface area contributed by atoms with Gasteiger partial charge in [0.25, 0.3) is 5.91 Å². The Labute approximate surface area is 178 Å². The van der Waals surface area contributed by atoms with Crippen molar-refractivity contribution in [1.82, 2.24) is 4.90 Å². The SMILES string of the molecule is CCN1C(=O)/C(=C/c2cccc(OCCC(=O)O)c2)SC1=Nc1ccc(C)cc1O. The molecule has 7 nitrogen and oxygen atoms in total. The number of carbonyl (C=O) groups is 2. The number of aryl methyl sites for hydroxylation is 1. The van der Waals surface area contributed by atoms with Gasteiger partial charge in [-0.05, 0) is 67.1 Å². The highest BCUT2D eigenvalue weighted by molar-refractivity contribution is 8.18. The number of aliphatic carboxylic acids is 1. The summed E-state index contributed by atoms with van der Waals surface area (Å²) in [4.78, 5) is 30.0. The van der Waals surface area contributed by atoms with Gasteiger partial charge in [-0.3, -0.25) is 14.5 Å². The molecule has 0 atom stereocenters. The van der Waals surface area contributed by atoms with Crippen LogP contribution in [0.1, 0.15) is 24.5 Å². The molecule has 30 heavy (non-hydrogen) atoms. The number of aliphatic imine (C=N–C) groups is 1. The van der Waals surface area contributed by atoms with Gasteiger partial charge < -0.3 is 14.9 Å². The third kappa shape index (κ3) is 5.21. The summed E-state index contributed by atoms with van der Waals surface area (Å²) in [6.07, 6.45) is 1.66. The number of nitrogens with zero attached hydrogens (tertiary/aromatic N) is 2. The van der Waals surface area contributed by atoms with Crippen LogP contribution in [-0.4, -0.2) is 45.3 Å². The quantitative estimate of drug-likeness (QED) is 0.645. The van der Waals surface area contributed by atoms with Crippen LogP contribution in [0.5, 0.6) is 11.5 Å². The molecule has 0 aromatic heterocycles. The van der Waals surface area contributed by atoms with Crippen molar-refractivity contribution in [3.05, 3.63) is 58.5 Å². The van der Waals surface area contributed by atoms with Crippen molar-refractivity contribution in [3.63, 3.8) is 0 Å². The Morgan fingerprint density at radius 3 is 2.77 bits per heavy atom. The highest BCUT2D eigenvalue weighted by Gasteiger charge is 2.32. The van der Waals surface area contributed by atoms with E-state index < -0.39 is 5.97 Å². The molecule has 1 aliphatic rings. The van der Waals surface area contributed by atoms with Gasteiger partial charge in [0.15, 0.2) is 5.17 Å². The first-order chi connectivity index (χ1) is 14.4. The molecule has 1 saturated heterocycles. The molecule has 0 radical (unpaired) electrons. The number of carboxylic acid groups (broad SMARTS) is 1. The molecule has 3 rings (SSSR count). The molecule has 1 heterocycles. The molecule has 1 fully saturated rings. The minimum absolute atomic E-state index is 0.0650. The molecule has 1 aliphatic heterocycles. The lowest BCUT2D eigenvalue weighted by Crippen LogP contribution is -2.28. The van der Waals surface area contributed by atoms with Crippen molar-refractivity contribution in [2.75, 3.05) is 13.2 Å². The number of ether oxygens (including phenoxy) is 1. The Kier molecular flexibility index (Phi) is 6.79. The Morgan fingerprint density at radius 1 is 1.27 bits per heavy atom. The molecule has 0 aliphatic carbocycles. The van der Waals surface area contributed by atoms with Gasteiger partial charge in [0.05, 0.1) is 17.9 Å². The summed E-state index contributed by atoms with van der Waals surface area (Å²) in [5.41, 5.74) is 2.09. The van der Waals surface area contributed by atoms with Gasteiger partial charge in [0.2, 0.25) is 0 Å². The summed E-state index contributed by atoms with van der Waals surface area (Å²) < 4.78 is 5.45. The lowest BCUT2D eigenvalue weighted by Gasteiger charge is -2.12. The molecular formula is C22H22N2O5S. The van der Waals surface area contributed by atoms with Gasteiger partial charge in [0, 0.05) is 6.54 Å². The first-order valence-electron chi connectivity index (χ1n) is 9.41. The molecule has 156 valence electrons. The minimum Gasteiger partial charge on any atom is -0.506 e. The molecule has 2 N–H and O–H groups in total. The second kappa shape index (κ2) is 9.49. The lowest BCUT2D eigenvalue weighted by atomic mass is 10.2. The number of amidine groups is 1. The molecule has 1 amide bonds. The Bertz CT molecular complexity index is 1030. The Morgan fingerprint density at radius 2 is 2.07 bits per heavy atom. The van der Waals surface area contributed by atoms with Crippen LogP contribution in [0.4, 0.5) is 5.69 Å². The third-order valence-corrected chi connectivity index (χ3v) is 5.30. The number of aromatic hydroxyl groups is 1. The van der Waals surface area contributed by atoms with Gasteiger partial charge in [-0.25, -0.2) is 4.99 Å². The largest absolute Gasteiger partial charge is 0.506 e. The number of hydrogen-bond donors (Lipinski definition) is 2. The number of likely N-dealkylation sites (N-methyl/N-ethyl adjacent to an activating group) is 1. The van der Waals surface area contributed by atoms with E-state index in [4.69, 9.17) is 9.84 Å². The number of thioether (sulfide) groups is 1. The summed E-state index contributed by atoms with van der Waals surface area (Å²) in [5.74, 6) is -0.487. The number of phenolic OH excluding ortho intramolecular Hbond substituents is 1. The summed E-state index contributed by atoms with van der Waals surface area (Å²) in [5, 5.41) is 19.3. The van der Waals surface area contributed by atoms with Gasteiger partial charge >= 0.3 is 5.97 Å². The number of benzene rings is 2. The number of rotatable bonds is 7. The second-order valence-corrected chi connectivity index (χ2v) is 7.62. The van der Waals surface area contributed by atoms with E-state index in [9.17, 15) is 14.7 Å². The zero-order valence-electron chi connectivity index (χ0n) is 16.7. The predicted octanol–water partition coefficient (Wildman–Crippen LogP) is 4.18. The number of carboxylic acids is 1. The average molecular weight is 426 g/mol. The van der Waals surface area contributed by atoms with Crippen molar-refractivity contribution in [2.24, 2.45) is 4.99 Å². The van der Waals surface area contributed by atoms with E-state index in [1.54, 1.807) is 41.3 Å². The van der Waals surface area contributed by atoms with Gasteiger partial charge in [-0.1, -0.05) is 18.2 Å². The van der Waals surface area contributed by atoms with Crippen LogP contribution in [-0.2, 0) is 9.59 Å². The minimum atomic E-state index is -0.924.